The largest absolute Gasteiger partial charge is 0.480 e. The van der Waals surface area contributed by atoms with Gasteiger partial charge >= 0.3 is 5.97 Å². The van der Waals surface area contributed by atoms with Crippen LogP contribution in [0.4, 0.5) is 0 Å². The Bertz CT molecular complexity index is 412. The van der Waals surface area contributed by atoms with Crippen LogP contribution in [0, 0.1) is 0 Å². The van der Waals surface area contributed by atoms with Gasteiger partial charge in [-0.3, -0.25) is 4.79 Å². The van der Waals surface area contributed by atoms with Crippen LogP contribution in [0.1, 0.15) is 19.3 Å². The van der Waals surface area contributed by atoms with Gasteiger partial charge in [0.25, 0.3) is 0 Å². The van der Waals surface area contributed by atoms with E-state index in [0.29, 0.717) is 13.0 Å². The average Bonchev–Trinajstić information content (AvgIpc) is 2.75. The summed E-state index contributed by atoms with van der Waals surface area (Å²) in [5, 5.41) is 11.2. The summed E-state index contributed by atoms with van der Waals surface area (Å²) >= 11 is 0. The minimum absolute atomic E-state index is 0.146. The van der Waals surface area contributed by atoms with E-state index in [4.69, 9.17) is 9.84 Å². The second-order valence-corrected chi connectivity index (χ2v) is 6.58. The van der Waals surface area contributed by atoms with Crippen LogP contribution in [-0.2, 0) is 24.2 Å². The summed E-state index contributed by atoms with van der Waals surface area (Å²) < 4.78 is 27.1. The first-order valence-corrected chi connectivity index (χ1v) is 7.68. The number of aliphatic carboxylic acids is 1. The number of nitrogens with one attached hydrogen (secondary N) is 1. The minimum atomic E-state index is -3.25. The van der Waals surface area contributed by atoms with E-state index in [0.717, 1.165) is 12.7 Å². The molecule has 1 heterocycles. The molecule has 0 aromatic heterocycles. The highest BCUT2D eigenvalue weighted by molar-refractivity contribution is 7.90. The molecule has 0 aliphatic carbocycles. The van der Waals surface area contributed by atoms with Gasteiger partial charge in [0.15, 0.2) is 0 Å². The van der Waals surface area contributed by atoms with Crippen molar-refractivity contribution in [1.29, 1.82) is 0 Å². The summed E-state index contributed by atoms with van der Waals surface area (Å²) in [6, 6.07) is -1.20. The van der Waals surface area contributed by atoms with E-state index >= 15 is 0 Å². The second-order valence-electron chi connectivity index (χ2n) is 4.32. The van der Waals surface area contributed by atoms with E-state index in [1.165, 1.54) is 0 Å². The van der Waals surface area contributed by atoms with Crippen molar-refractivity contribution in [2.75, 3.05) is 18.6 Å². The van der Waals surface area contributed by atoms with Gasteiger partial charge < -0.3 is 15.2 Å². The summed E-state index contributed by atoms with van der Waals surface area (Å²) in [5.74, 6) is -2.02. The molecule has 1 aliphatic heterocycles. The SMILES string of the molecule is CS(=O)(=O)CCC(NC(=O)C1CCCO1)C(=O)O. The lowest BCUT2D eigenvalue weighted by molar-refractivity contribution is -0.143. The fourth-order valence-electron chi connectivity index (χ4n) is 1.64. The quantitative estimate of drug-likeness (QED) is 0.656. The van der Waals surface area contributed by atoms with E-state index in [1.807, 2.05) is 0 Å². The third kappa shape index (κ3) is 5.01. The highest BCUT2D eigenvalue weighted by Gasteiger charge is 2.28. The molecule has 7 nitrogen and oxygen atoms in total. The maximum atomic E-state index is 11.6. The van der Waals surface area contributed by atoms with Gasteiger partial charge in [-0.15, -0.1) is 0 Å². The van der Waals surface area contributed by atoms with Gasteiger partial charge in [-0.05, 0) is 19.3 Å². The number of hydrogen-bond acceptors (Lipinski definition) is 5. The molecule has 0 radical (unpaired) electrons. The van der Waals surface area contributed by atoms with Gasteiger partial charge in [-0.25, -0.2) is 13.2 Å². The maximum absolute atomic E-state index is 11.6. The molecule has 1 fully saturated rings. The number of carbonyl (C=O) groups is 2. The smallest absolute Gasteiger partial charge is 0.326 e. The highest BCUT2D eigenvalue weighted by Crippen LogP contribution is 2.12. The Morgan fingerprint density at radius 1 is 1.50 bits per heavy atom. The molecule has 8 heteroatoms. The monoisotopic (exact) mass is 279 g/mol. The van der Waals surface area contributed by atoms with Crippen molar-refractivity contribution in [3.05, 3.63) is 0 Å². The van der Waals surface area contributed by atoms with Crippen molar-refractivity contribution in [1.82, 2.24) is 5.32 Å². The average molecular weight is 279 g/mol. The molecule has 1 rings (SSSR count). The molecule has 0 spiro atoms. The molecule has 0 saturated carbocycles. The number of hydrogen-bond donors (Lipinski definition) is 2. The van der Waals surface area contributed by atoms with Crippen LogP contribution in [0.5, 0.6) is 0 Å². The van der Waals surface area contributed by atoms with E-state index in [9.17, 15) is 18.0 Å². The maximum Gasteiger partial charge on any atom is 0.326 e. The Balaban J connectivity index is 2.51. The Labute approximate surface area is 105 Å². The Kier molecular flexibility index (Phi) is 5.09. The number of sulfone groups is 1. The standard InChI is InChI=1S/C10H17NO6S/c1-18(15,16)6-4-7(10(13)14)11-9(12)8-3-2-5-17-8/h7-8H,2-6H2,1H3,(H,11,12)(H,13,14). The van der Waals surface area contributed by atoms with Crippen LogP contribution in [0.3, 0.4) is 0 Å². The van der Waals surface area contributed by atoms with Crippen LogP contribution in [0.25, 0.3) is 0 Å². The summed E-state index contributed by atoms with van der Waals surface area (Å²) in [6.07, 6.45) is 1.58. The Morgan fingerprint density at radius 2 is 2.17 bits per heavy atom. The van der Waals surface area contributed by atoms with E-state index in [1.54, 1.807) is 0 Å². The molecule has 1 amide bonds. The molecule has 2 unspecified atom stereocenters. The Morgan fingerprint density at radius 3 is 2.61 bits per heavy atom. The molecular weight excluding hydrogens is 262 g/mol. The van der Waals surface area contributed by atoms with Gasteiger partial charge in [-0.1, -0.05) is 0 Å². The number of rotatable bonds is 6. The third-order valence-corrected chi connectivity index (χ3v) is 3.59. The molecule has 0 bridgehead atoms. The first-order chi connectivity index (χ1) is 8.29. The predicted molar refractivity (Wildman–Crippen MR) is 62.9 cm³/mol. The molecule has 0 aromatic carbocycles. The molecule has 1 aliphatic rings. The molecule has 18 heavy (non-hydrogen) atoms. The predicted octanol–water partition coefficient (Wildman–Crippen LogP) is -0.830. The first-order valence-electron chi connectivity index (χ1n) is 5.62. The van der Waals surface area contributed by atoms with Crippen molar-refractivity contribution < 1.29 is 27.9 Å². The molecular formula is C10H17NO6S. The van der Waals surface area contributed by atoms with Crippen LogP contribution in [-0.4, -0.2) is 56.2 Å². The van der Waals surface area contributed by atoms with Crippen molar-refractivity contribution in [2.24, 2.45) is 0 Å². The van der Waals surface area contributed by atoms with Crippen molar-refractivity contribution >= 4 is 21.7 Å². The summed E-state index contributed by atoms with van der Waals surface area (Å²) in [6.45, 7) is 0.485. The fourth-order valence-corrected chi connectivity index (χ4v) is 2.30. The first kappa shape index (κ1) is 14.9. The van der Waals surface area contributed by atoms with Gasteiger partial charge in [0, 0.05) is 12.9 Å². The summed E-state index contributed by atoms with van der Waals surface area (Å²) in [7, 11) is -3.25. The van der Waals surface area contributed by atoms with E-state index in [2.05, 4.69) is 5.32 Å². The molecule has 0 aromatic rings. The van der Waals surface area contributed by atoms with Gasteiger partial charge in [-0.2, -0.15) is 0 Å². The van der Waals surface area contributed by atoms with Crippen molar-refractivity contribution in [3.63, 3.8) is 0 Å². The van der Waals surface area contributed by atoms with Gasteiger partial charge in [0.1, 0.15) is 22.0 Å². The lowest BCUT2D eigenvalue weighted by atomic mass is 10.2. The molecule has 2 N–H and O–H groups in total. The van der Waals surface area contributed by atoms with Gasteiger partial charge in [0.2, 0.25) is 5.91 Å². The topological polar surface area (TPSA) is 110 Å². The van der Waals surface area contributed by atoms with Gasteiger partial charge in [0.05, 0.1) is 5.75 Å². The van der Waals surface area contributed by atoms with Crippen LogP contribution >= 0.6 is 0 Å². The number of amides is 1. The summed E-state index contributed by atoms with van der Waals surface area (Å²) in [4.78, 5) is 22.6. The minimum Gasteiger partial charge on any atom is -0.480 e. The van der Waals surface area contributed by atoms with Crippen LogP contribution in [0.15, 0.2) is 0 Å². The Hall–Kier alpha value is -1.15. The number of carboxylic acids is 1. The highest BCUT2D eigenvalue weighted by atomic mass is 32.2. The number of carbonyl (C=O) groups excluding carboxylic acids is 1. The number of carboxylic acid groups (broad SMARTS) is 1. The number of ether oxygens (including phenoxy) is 1. The van der Waals surface area contributed by atoms with Crippen molar-refractivity contribution in [3.8, 4) is 0 Å². The zero-order valence-corrected chi connectivity index (χ0v) is 10.9. The van der Waals surface area contributed by atoms with E-state index < -0.39 is 33.9 Å². The second kappa shape index (κ2) is 6.14. The normalized spacial score (nSPS) is 21.5. The molecule has 104 valence electrons. The fraction of sp³-hybridized carbons (Fsp3) is 0.800. The molecule has 2 atom stereocenters. The lowest BCUT2D eigenvalue weighted by Crippen LogP contribution is -2.46. The van der Waals surface area contributed by atoms with E-state index in [-0.39, 0.29) is 12.2 Å². The zero-order valence-electron chi connectivity index (χ0n) is 10.1. The zero-order chi connectivity index (χ0) is 13.8. The molecule has 1 saturated heterocycles. The lowest BCUT2D eigenvalue weighted by Gasteiger charge is -2.16. The van der Waals surface area contributed by atoms with Crippen LogP contribution in [0.2, 0.25) is 0 Å². The van der Waals surface area contributed by atoms with Crippen LogP contribution < -0.4 is 5.32 Å². The summed E-state index contributed by atoms with van der Waals surface area (Å²) in [5.41, 5.74) is 0. The van der Waals surface area contributed by atoms with Crippen molar-refractivity contribution in [2.45, 2.75) is 31.4 Å². The third-order valence-electron chi connectivity index (χ3n) is 2.61.